The molecule has 0 aromatic rings. The number of carbonyl (C=O) groups is 2. The first-order valence-corrected chi connectivity index (χ1v) is 9.85. The van der Waals surface area contributed by atoms with Gasteiger partial charge in [0.15, 0.2) is 0 Å². The van der Waals surface area contributed by atoms with Gasteiger partial charge >= 0.3 is 0 Å². The molecule has 0 amide bonds. The third kappa shape index (κ3) is 3.41. The van der Waals surface area contributed by atoms with Crippen molar-refractivity contribution in [3.63, 3.8) is 0 Å². The van der Waals surface area contributed by atoms with E-state index in [9.17, 15) is 9.59 Å². The predicted molar refractivity (Wildman–Crippen MR) is 70.2 cm³/mol. The fourth-order valence-corrected chi connectivity index (χ4v) is 3.25. The van der Waals surface area contributed by atoms with E-state index in [1.165, 1.54) is 0 Å². The molecule has 0 saturated heterocycles. The van der Waals surface area contributed by atoms with Crippen LogP contribution in [0.2, 0.25) is 19.6 Å². The molecular weight excluding hydrogens is 232 g/mol. The first kappa shape index (κ1) is 14.4. The summed E-state index contributed by atoms with van der Waals surface area (Å²) in [5.41, 5.74) is -0.455. The average molecular weight is 256 g/mol. The van der Waals surface area contributed by atoms with Gasteiger partial charge < -0.3 is 4.43 Å². The summed E-state index contributed by atoms with van der Waals surface area (Å²) >= 11 is 0. The molecule has 2 atom stereocenters. The maximum Gasteiger partial charge on any atom is 0.298 e. The summed E-state index contributed by atoms with van der Waals surface area (Å²) < 4.78 is 5.64. The number of hydrogen-bond donors (Lipinski definition) is 0. The molecule has 98 valence electrons. The number of Topliss-reactive ketones (excluding diaryl/α,β-unsaturated/α-hetero) is 1. The molecule has 1 fully saturated rings. The van der Waals surface area contributed by atoms with Crippen molar-refractivity contribution in [3.05, 3.63) is 0 Å². The van der Waals surface area contributed by atoms with Crippen LogP contribution in [0.15, 0.2) is 0 Å². The lowest BCUT2D eigenvalue weighted by atomic mass is 9.66. The standard InChI is InChI=1S/C13H24O3Si/c1-6-10-9-11(14)7-8-13(10,2)12(15)16-17(3,4)5/h10H,6-9H2,1-5H3. The highest BCUT2D eigenvalue weighted by Gasteiger charge is 2.46. The van der Waals surface area contributed by atoms with Gasteiger partial charge in [-0.25, -0.2) is 0 Å². The SMILES string of the molecule is CCC1CC(=O)CCC1(C)C(=O)O[Si](C)(C)C. The third-order valence-electron chi connectivity index (χ3n) is 3.66. The zero-order chi connectivity index (χ0) is 13.3. The van der Waals surface area contributed by atoms with Crippen LogP contribution in [0.1, 0.15) is 39.5 Å². The Balaban J connectivity index is 2.84. The molecule has 3 nitrogen and oxygen atoms in total. The molecule has 0 aliphatic heterocycles. The van der Waals surface area contributed by atoms with Gasteiger partial charge in [0, 0.05) is 12.8 Å². The molecule has 0 aromatic heterocycles. The Bertz CT molecular complexity index is 319. The van der Waals surface area contributed by atoms with E-state index in [1.54, 1.807) is 0 Å². The first-order valence-electron chi connectivity index (χ1n) is 6.44. The number of carbonyl (C=O) groups excluding carboxylic acids is 2. The third-order valence-corrected chi connectivity index (χ3v) is 4.45. The summed E-state index contributed by atoms with van der Waals surface area (Å²) in [6.07, 6.45) is 2.57. The second kappa shape index (κ2) is 4.92. The Labute approximate surface area is 105 Å². The highest BCUT2D eigenvalue weighted by molar-refractivity contribution is 6.71. The van der Waals surface area contributed by atoms with Gasteiger partial charge in [-0.3, -0.25) is 9.59 Å². The summed E-state index contributed by atoms with van der Waals surface area (Å²) in [7, 11) is -1.85. The molecule has 1 saturated carbocycles. The van der Waals surface area contributed by atoms with Crippen LogP contribution in [-0.2, 0) is 14.0 Å². The van der Waals surface area contributed by atoms with Crippen molar-refractivity contribution in [3.8, 4) is 0 Å². The molecule has 0 N–H and O–H groups in total. The Kier molecular flexibility index (Phi) is 4.18. The van der Waals surface area contributed by atoms with Crippen molar-refractivity contribution in [1.29, 1.82) is 0 Å². The summed E-state index contributed by atoms with van der Waals surface area (Å²) in [5, 5.41) is 0. The van der Waals surface area contributed by atoms with Gasteiger partial charge in [0.05, 0.1) is 5.41 Å². The van der Waals surface area contributed by atoms with Crippen molar-refractivity contribution in [2.75, 3.05) is 0 Å². The summed E-state index contributed by atoms with van der Waals surface area (Å²) in [6, 6.07) is 0. The van der Waals surface area contributed by atoms with Crippen molar-refractivity contribution < 1.29 is 14.0 Å². The minimum atomic E-state index is -1.85. The van der Waals surface area contributed by atoms with Gasteiger partial charge in [-0.05, 0) is 38.9 Å². The molecule has 0 bridgehead atoms. The largest absolute Gasteiger partial charge is 0.519 e. The molecule has 4 heteroatoms. The van der Waals surface area contributed by atoms with Crippen LogP contribution in [0.4, 0.5) is 0 Å². The molecule has 0 heterocycles. The Morgan fingerprint density at radius 1 is 1.47 bits per heavy atom. The van der Waals surface area contributed by atoms with E-state index < -0.39 is 13.7 Å². The fourth-order valence-electron chi connectivity index (χ4n) is 2.46. The van der Waals surface area contributed by atoms with Crippen LogP contribution in [0.5, 0.6) is 0 Å². The zero-order valence-corrected chi connectivity index (χ0v) is 12.6. The molecule has 0 radical (unpaired) electrons. The van der Waals surface area contributed by atoms with Crippen LogP contribution < -0.4 is 0 Å². The maximum atomic E-state index is 12.3. The molecular formula is C13H24O3Si. The summed E-state index contributed by atoms with van der Waals surface area (Å²) in [4.78, 5) is 23.8. The van der Waals surface area contributed by atoms with Gasteiger partial charge in [0.25, 0.3) is 5.97 Å². The Morgan fingerprint density at radius 2 is 2.06 bits per heavy atom. The Hall–Kier alpha value is -0.643. The van der Waals surface area contributed by atoms with E-state index in [0.29, 0.717) is 19.3 Å². The smallest absolute Gasteiger partial charge is 0.298 e. The summed E-state index contributed by atoms with van der Waals surface area (Å²) in [5.74, 6) is 0.346. The monoisotopic (exact) mass is 256 g/mol. The second-order valence-electron chi connectivity index (χ2n) is 6.27. The fraction of sp³-hybridized carbons (Fsp3) is 0.846. The van der Waals surface area contributed by atoms with Gasteiger partial charge in [-0.1, -0.05) is 13.3 Å². The van der Waals surface area contributed by atoms with Gasteiger partial charge in [0.1, 0.15) is 5.78 Å². The van der Waals surface area contributed by atoms with E-state index in [2.05, 4.69) is 0 Å². The maximum absolute atomic E-state index is 12.3. The second-order valence-corrected chi connectivity index (χ2v) is 10.7. The lowest BCUT2D eigenvalue weighted by molar-refractivity contribution is -0.153. The highest BCUT2D eigenvalue weighted by atomic mass is 28.4. The summed E-state index contributed by atoms with van der Waals surface area (Å²) in [6.45, 7) is 10.1. The van der Waals surface area contributed by atoms with Crippen LogP contribution in [0.25, 0.3) is 0 Å². The van der Waals surface area contributed by atoms with Crippen LogP contribution >= 0.6 is 0 Å². The molecule has 0 aromatic carbocycles. The normalized spacial score (nSPS) is 30.2. The molecule has 0 spiro atoms. The van der Waals surface area contributed by atoms with Crippen molar-refractivity contribution in [1.82, 2.24) is 0 Å². The average Bonchev–Trinajstić information content (AvgIpc) is 2.19. The van der Waals surface area contributed by atoms with E-state index >= 15 is 0 Å². The van der Waals surface area contributed by atoms with Crippen molar-refractivity contribution in [2.24, 2.45) is 11.3 Å². The minimum absolute atomic E-state index is 0.0870. The van der Waals surface area contributed by atoms with Crippen molar-refractivity contribution >= 4 is 20.1 Å². The number of ketones is 1. The van der Waals surface area contributed by atoms with E-state index in [1.807, 2.05) is 33.5 Å². The minimum Gasteiger partial charge on any atom is -0.519 e. The van der Waals surface area contributed by atoms with Crippen molar-refractivity contribution in [2.45, 2.75) is 59.2 Å². The van der Waals surface area contributed by atoms with Crippen LogP contribution in [-0.4, -0.2) is 20.1 Å². The van der Waals surface area contributed by atoms with Gasteiger partial charge in [0.2, 0.25) is 8.32 Å². The quantitative estimate of drug-likeness (QED) is 0.729. The molecule has 17 heavy (non-hydrogen) atoms. The lowest BCUT2D eigenvalue weighted by Crippen LogP contribution is -2.45. The Morgan fingerprint density at radius 3 is 2.53 bits per heavy atom. The van der Waals surface area contributed by atoms with Crippen LogP contribution in [0.3, 0.4) is 0 Å². The lowest BCUT2D eigenvalue weighted by Gasteiger charge is -2.39. The highest BCUT2D eigenvalue weighted by Crippen LogP contribution is 2.43. The molecule has 2 unspecified atom stereocenters. The van der Waals surface area contributed by atoms with E-state index in [0.717, 1.165) is 6.42 Å². The van der Waals surface area contributed by atoms with E-state index in [-0.39, 0.29) is 17.7 Å². The van der Waals surface area contributed by atoms with Gasteiger partial charge in [-0.2, -0.15) is 0 Å². The number of rotatable bonds is 3. The molecule has 1 rings (SSSR count). The first-order chi connectivity index (χ1) is 7.69. The predicted octanol–water partition coefficient (Wildman–Crippen LogP) is 3.15. The molecule has 1 aliphatic carbocycles. The molecule has 1 aliphatic rings. The zero-order valence-electron chi connectivity index (χ0n) is 11.6. The van der Waals surface area contributed by atoms with Gasteiger partial charge in [-0.15, -0.1) is 0 Å². The topological polar surface area (TPSA) is 43.4 Å². The number of hydrogen-bond acceptors (Lipinski definition) is 3. The van der Waals surface area contributed by atoms with E-state index in [4.69, 9.17) is 4.43 Å². The van der Waals surface area contributed by atoms with Crippen LogP contribution in [0, 0.1) is 11.3 Å².